The van der Waals surface area contributed by atoms with Crippen LogP contribution in [0.1, 0.15) is 0 Å². The van der Waals surface area contributed by atoms with E-state index in [1.807, 2.05) is 0 Å². The first-order valence-electron chi connectivity index (χ1n) is 4.90. The van der Waals surface area contributed by atoms with Crippen LogP contribution in [0.3, 0.4) is 0 Å². The number of alkyl halides is 12. The second-order valence-electron chi connectivity index (χ2n) is 3.14. The third-order valence-electron chi connectivity index (χ3n) is 0.926. The Hall–Kier alpha value is -2.04. The molecule has 0 fully saturated rings. The van der Waals surface area contributed by atoms with Crippen LogP contribution in [0, 0.1) is 0 Å². The van der Waals surface area contributed by atoms with Crippen LogP contribution < -0.4 is 20.4 Å². The van der Waals surface area contributed by atoms with Crippen molar-refractivity contribution in [2.45, 2.75) is 24.7 Å². The van der Waals surface area contributed by atoms with E-state index in [1.54, 1.807) is 0 Å². The predicted octanol–water partition coefficient (Wildman–Crippen LogP) is -3.19. The van der Waals surface area contributed by atoms with E-state index in [0.29, 0.717) is 0 Å². The second-order valence-corrected chi connectivity index (χ2v) is 3.14. The van der Waals surface area contributed by atoms with Crippen LogP contribution >= 0.6 is 0 Å². The summed E-state index contributed by atoms with van der Waals surface area (Å²) >= 11 is 0. The van der Waals surface area contributed by atoms with Crippen molar-refractivity contribution >= 4 is 51.2 Å². The Morgan fingerprint density at radius 2 is 0.414 bits per heavy atom. The normalized spacial score (nSPS) is 10.9. The fourth-order valence-corrected chi connectivity index (χ4v) is 0. The molecule has 172 valence electrons. The Balaban J connectivity index is -0.0000000873. The van der Waals surface area contributed by atoms with Crippen molar-refractivity contribution in [3.63, 3.8) is 0 Å². The molecule has 0 saturated heterocycles. The van der Waals surface area contributed by atoms with E-state index < -0.39 is 48.6 Å². The first kappa shape index (κ1) is 37.7. The third-order valence-corrected chi connectivity index (χ3v) is 0.926. The molecule has 21 heteroatoms. The Bertz CT molecular complexity index is 436. The second kappa shape index (κ2) is 14.0. The molecular weight excluding hydrogens is 659 g/mol. The first-order valence-corrected chi connectivity index (χ1v) is 4.90. The van der Waals surface area contributed by atoms with Gasteiger partial charge in [-0.05, 0) is 0 Å². The minimum atomic E-state index is -5.19. The monoisotopic (exact) mass is 660 g/mol. The molecule has 0 unspecified atom stereocenters. The SMILES string of the molecule is O=C([O-])C(F)(F)F.O=C([O-])C(F)(F)F.O=C([O-])C(F)(F)F.O=C([O-])C(F)(F)F.[Pb]. The van der Waals surface area contributed by atoms with Crippen LogP contribution in [0.2, 0.25) is 0 Å². The summed E-state index contributed by atoms with van der Waals surface area (Å²) in [7, 11) is 0. The Morgan fingerprint density at radius 1 is 0.379 bits per heavy atom. The van der Waals surface area contributed by atoms with Crippen molar-refractivity contribution in [1.82, 2.24) is 0 Å². The van der Waals surface area contributed by atoms with Gasteiger partial charge in [-0.3, -0.25) is 0 Å². The molecule has 0 aliphatic heterocycles. The van der Waals surface area contributed by atoms with Gasteiger partial charge in [0.2, 0.25) is 0 Å². The maximum atomic E-state index is 10.5. The quantitative estimate of drug-likeness (QED) is 0.194. The molecule has 0 aromatic rings. The summed E-state index contributed by atoms with van der Waals surface area (Å²) in [5.74, 6) is -12.0. The van der Waals surface area contributed by atoms with E-state index in [4.69, 9.17) is 39.6 Å². The molecule has 0 spiro atoms. The Morgan fingerprint density at radius 3 is 0.414 bits per heavy atom. The summed E-state index contributed by atoms with van der Waals surface area (Å²) in [6.07, 6.45) is -20.8. The molecule has 4 radical (unpaired) electrons. The largest absolute Gasteiger partial charge is 0.542 e. The van der Waals surface area contributed by atoms with E-state index in [2.05, 4.69) is 0 Å². The third kappa shape index (κ3) is 30.9. The molecule has 0 aromatic carbocycles. The molecule has 0 aliphatic carbocycles. The van der Waals surface area contributed by atoms with Crippen molar-refractivity contribution < 1.29 is 92.3 Å². The molecule has 0 heterocycles. The summed E-state index contributed by atoms with van der Waals surface area (Å²) in [6, 6.07) is 0. The molecule has 0 saturated carbocycles. The summed E-state index contributed by atoms with van der Waals surface area (Å²) in [5.41, 5.74) is 0. The number of carbonyl (C=O) groups excluding carboxylic acids is 4. The number of hydrogen-bond donors (Lipinski definition) is 0. The van der Waals surface area contributed by atoms with Gasteiger partial charge < -0.3 is 39.6 Å². The number of aliphatic carboxylic acids is 4. The summed E-state index contributed by atoms with van der Waals surface area (Å²) in [5, 5.41) is 35.1. The van der Waals surface area contributed by atoms with E-state index >= 15 is 0 Å². The van der Waals surface area contributed by atoms with Crippen LogP contribution in [0.4, 0.5) is 52.7 Å². The summed E-state index contributed by atoms with van der Waals surface area (Å²) < 4.78 is 126. The van der Waals surface area contributed by atoms with Crippen molar-refractivity contribution in [2.24, 2.45) is 0 Å². The number of carboxylic acid groups (broad SMARTS) is 4. The van der Waals surface area contributed by atoms with E-state index in [9.17, 15) is 52.7 Å². The molecule has 29 heavy (non-hydrogen) atoms. The number of carbonyl (C=O) groups is 4. The Kier molecular flexibility index (Phi) is 18.2. The van der Waals surface area contributed by atoms with Gasteiger partial charge in [-0.2, -0.15) is 52.7 Å². The van der Waals surface area contributed by atoms with E-state index in [1.165, 1.54) is 0 Å². The van der Waals surface area contributed by atoms with Gasteiger partial charge in [-0.25, -0.2) is 0 Å². The minimum Gasteiger partial charge on any atom is -0.542 e. The van der Waals surface area contributed by atoms with Gasteiger partial charge in [0.05, 0.1) is 0 Å². The fourth-order valence-electron chi connectivity index (χ4n) is 0. The maximum absolute atomic E-state index is 10.5. The smallest absolute Gasteiger partial charge is 0.430 e. The van der Waals surface area contributed by atoms with Gasteiger partial charge in [0.15, 0.2) is 0 Å². The molecule has 0 amide bonds. The molecule has 0 bridgehead atoms. The standard InChI is InChI=1S/4C2HF3O2.Pb/c4*3-2(4,5)1(6)7;/h4*(H,6,7);/p-4. The zero-order chi connectivity index (χ0) is 24.3. The van der Waals surface area contributed by atoms with Gasteiger partial charge in [0.25, 0.3) is 0 Å². The van der Waals surface area contributed by atoms with Crippen LogP contribution in [0.15, 0.2) is 0 Å². The Labute approximate surface area is 168 Å². The summed E-state index contributed by atoms with van der Waals surface area (Å²) in [4.78, 5) is 35.1. The number of hydrogen-bond acceptors (Lipinski definition) is 8. The first-order chi connectivity index (χ1) is 11.8. The minimum absolute atomic E-state index is 0. The number of rotatable bonds is 0. The zero-order valence-electron chi connectivity index (χ0n) is 12.3. The molecule has 8 nitrogen and oxygen atoms in total. The van der Waals surface area contributed by atoms with Crippen molar-refractivity contribution in [1.29, 1.82) is 0 Å². The average molecular weight is 659 g/mol. The van der Waals surface area contributed by atoms with Gasteiger partial charge in [0, 0.05) is 27.3 Å². The molecule has 0 rings (SSSR count). The fraction of sp³-hybridized carbons (Fsp3) is 0.500. The van der Waals surface area contributed by atoms with Gasteiger partial charge in [-0.1, -0.05) is 0 Å². The van der Waals surface area contributed by atoms with Crippen LogP contribution in [0.25, 0.3) is 0 Å². The van der Waals surface area contributed by atoms with Gasteiger partial charge in [0.1, 0.15) is 23.9 Å². The van der Waals surface area contributed by atoms with Crippen LogP contribution in [0.5, 0.6) is 0 Å². The number of carboxylic acids is 4. The zero-order valence-corrected chi connectivity index (χ0v) is 16.2. The van der Waals surface area contributed by atoms with Crippen molar-refractivity contribution in [3.05, 3.63) is 0 Å². The maximum Gasteiger partial charge on any atom is 0.430 e. The molecule has 0 aliphatic rings. The molecule has 0 aromatic heterocycles. The number of halogens is 12. The van der Waals surface area contributed by atoms with E-state index in [0.717, 1.165) is 0 Å². The topological polar surface area (TPSA) is 161 Å². The predicted molar refractivity (Wildman–Crippen MR) is 50.0 cm³/mol. The van der Waals surface area contributed by atoms with Gasteiger partial charge >= 0.3 is 24.7 Å². The average Bonchev–Trinajstić information content (AvgIpc) is 2.35. The van der Waals surface area contributed by atoms with Crippen molar-refractivity contribution in [2.75, 3.05) is 0 Å². The van der Waals surface area contributed by atoms with Gasteiger partial charge in [-0.15, -0.1) is 0 Å². The molecule has 0 atom stereocenters. The molecule has 0 N–H and O–H groups in total. The van der Waals surface area contributed by atoms with E-state index in [-0.39, 0.29) is 27.3 Å². The summed E-state index contributed by atoms with van der Waals surface area (Å²) in [6.45, 7) is 0. The van der Waals surface area contributed by atoms with Crippen LogP contribution in [-0.4, -0.2) is 75.9 Å². The van der Waals surface area contributed by atoms with Crippen LogP contribution in [-0.2, 0) is 19.2 Å². The van der Waals surface area contributed by atoms with Crippen molar-refractivity contribution in [3.8, 4) is 0 Å². The molecular formula is C8F12O8Pb-4.